The van der Waals surface area contributed by atoms with Crippen molar-refractivity contribution < 1.29 is 14.7 Å². The first kappa shape index (κ1) is 9.23. The fourth-order valence-electron chi connectivity index (χ4n) is 1.43. The van der Waals surface area contributed by atoms with Gasteiger partial charge in [0.05, 0.1) is 6.54 Å². The van der Waals surface area contributed by atoms with Crippen LogP contribution in [-0.4, -0.2) is 39.9 Å². The van der Waals surface area contributed by atoms with E-state index in [2.05, 4.69) is 0 Å². The second-order valence-corrected chi connectivity index (χ2v) is 3.32. The average molecular weight is 196 g/mol. The molecule has 2 heterocycles. The summed E-state index contributed by atoms with van der Waals surface area (Å²) in [4.78, 5) is 16.8. The Balaban J connectivity index is 2.13. The number of aromatic nitrogens is 1. The number of aryl methyl sites for hydroxylation is 1. The van der Waals surface area contributed by atoms with Crippen molar-refractivity contribution in [3.8, 4) is 0 Å². The maximum atomic E-state index is 11.7. The molecule has 0 unspecified atom stereocenters. The van der Waals surface area contributed by atoms with E-state index in [-0.39, 0.29) is 19.1 Å². The Labute approximate surface area is 81.5 Å². The van der Waals surface area contributed by atoms with E-state index in [0.717, 1.165) is 0 Å². The molecule has 1 atom stereocenters. The average Bonchev–Trinajstić information content (AvgIpc) is 2.73. The van der Waals surface area contributed by atoms with Gasteiger partial charge in [0, 0.05) is 13.2 Å². The Morgan fingerprint density at radius 2 is 2.50 bits per heavy atom. The predicted molar refractivity (Wildman–Crippen MR) is 48.4 cm³/mol. The van der Waals surface area contributed by atoms with Crippen LogP contribution in [0.5, 0.6) is 0 Å². The first-order valence-corrected chi connectivity index (χ1v) is 4.42. The van der Waals surface area contributed by atoms with E-state index < -0.39 is 6.10 Å². The summed E-state index contributed by atoms with van der Waals surface area (Å²) in [7, 11) is 1.79. The Morgan fingerprint density at radius 1 is 1.71 bits per heavy atom. The monoisotopic (exact) mass is 196 g/mol. The highest BCUT2D eigenvalue weighted by Crippen LogP contribution is 2.11. The Morgan fingerprint density at radius 3 is 3.00 bits per heavy atom. The standard InChI is InChI=1S/C9H12N2O3/c1-10-4-2-3-8(10)9(13)11-5-7(12)6-14-11/h2-4,7,12H,5-6H2,1H3/t7-/m0/s1. The van der Waals surface area contributed by atoms with Crippen LogP contribution in [0.3, 0.4) is 0 Å². The zero-order valence-corrected chi connectivity index (χ0v) is 7.88. The highest BCUT2D eigenvalue weighted by molar-refractivity contribution is 5.92. The number of β-amino-alcohol motifs (C(OH)–C–C–N with tert-alkyl or cyclic N) is 1. The molecule has 1 aromatic heterocycles. The maximum Gasteiger partial charge on any atom is 0.294 e. The largest absolute Gasteiger partial charge is 0.389 e. The van der Waals surface area contributed by atoms with Crippen LogP contribution in [0.1, 0.15) is 10.5 Å². The van der Waals surface area contributed by atoms with Crippen LogP contribution in [0.25, 0.3) is 0 Å². The topological polar surface area (TPSA) is 54.7 Å². The van der Waals surface area contributed by atoms with Crippen LogP contribution in [0.15, 0.2) is 18.3 Å². The fourth-order valence-corrected chi connectivity index (χ4v) is 1.43. The summed E-state index contributed by atoms with van der Waals surface area (Å²) in [6, 6.07) is 3.51. The molecule has 1 saturated heterocycles. The summed E-state index contributed by atoms with van der Waals surface area (Å²) in [6.45, 7) is 0.431. The van der Waals surface area contributed by atoms with Crippen molar-refractivity contribution in [2.45, 2.75) is 6.10 Å². The summed E-state index contributed by atoms with van der Waals surface area (Å²) in [5.74, 6) is -0.214. The van der Waals surface area contributed by atoms with Gasteiger partial charge in [-0.1, -0.05) is 0 Å². The highest BCUT2D eigenvalue weighted by atomic mass is 16.7. The molecular formula is C9H12N2O3. The molecule has 1 aliphatic heterocycles. The van der Waals surface area contributed by atoms with Gasteiger partial charge >= 0.3 is 0 Å². The molecule has 1 aromatic rings. The third kappa shape index (κ3) is 1.51. The molecule has 1 fully saturated rings. The lowest BCUT2D eigenvalue weighted by molar-refractivity contribution is -0.0785. The minimum Gasteiger partial charge on any atom is -0.389 e. The molecule has 0 saturated carbocycles. The third-order valence-corrected chi connectivity index (χ3v) is 2.19. The molecule has 2 rings (SSSR count). The molecule has 1 N–H and O–H groups in total. The molecule has 0 aromatic carbocycles. The lowest BCUT2D eigenvalue weighted by Crippen LogP contribution is -2.29. The number of hydrogen-bond donors (Lipinski definition) is 1. The van der Waals surface area contributed by atoms with Gasteiger partial charge in [0.2, 0.25) is 0 Å². The second-order valence-electron chi connectivity index (χ2n) is 3.32. The van der Waals surface area contributed by atoms with Crippen molar-refractivity contribution in [3.63, 3.8) is 0 Å². The molecule has 76 valence electrons. The summed E-state index contributed by atoms with van der Waals surface area (Å²) < 4.78 is 1.72. The van der Waals surface area contributed by atoms with Gasteiger partial charge in [-0.2, -0.15) is 0 Å². The van der Waals surface area contributed by atoms with Crippen LogP contribution in [0.4, 0.5) is 0 Å². The van der Waals surface area contributed by atoms with E-state index in [1.807, 2.05) is 0 Å². The lowest BCUT2D eigenvalue weighted by Gasteiger charge is -2.13. The van der Waals surface area contributed by atoms with Gasteiger partial charge in [0.25, 0.3) is 5.91 Å². The summed E-state index contributed by atoms with van der Waals surface area (Å²) in [5.41, 5.74) is 0.555. The lowest BCUT2D eigenvalue weighted by atomic mass is 10.3. The zero-order valence-electron chi connectivity index (χ0n) is 7.88. The van der Waals surface area contributed by atoms with Gasteiger partial charge in [0.15, 0.2) is 0 Å². The molecule has 0 aliphatic carbocycles. The van der Waals surface area contributed by atoms with E-state index in [9.17, 15) is 9.90 Å². The number of amides is 1. The van der Waals surface area contributed by atoms with Crippen molar-refractivity contribution in [1.82, 2.24) is 9.63 Å². The minimum atomic E-state index is -0.570. The molecule has 1 amide bonds. The predicted octanol–water partition coefficient (Wildman–Crippen LogP) is -0.227. The molecule has 1 aliphatic rings. The van der Waals surface area contributed by atoms with Crippen LogP contribution in [0, 0.1) is 0 Å². The molecule has 0 radical (unpaired) electrons. The van der Waals surface area contributed by atoms with Crippen LogP contribution in [0.2, 0.25) is 0 Å². The van der Waals surface area contributed by atoms with E-state index in [0.29, 0.717) is 5.69 Å². The van der Waals surface area contributed by atoms with E-state index in [1.165, 1.54) is 5.06 Å². The second kappa shape index (κ2) is 3.43. The SMILES string of the molecule is Cn1cccc1C(=O)N1C[C@H](O)CO1. The van der Waals surface area contributed by atoms with Gasteiger partial charge in [0.1, 0.15) is 18.4 Å². The summed E-state index contributed by atoms with van der Waals surface area (Å²) in [5, 5.41) is 10.4. The van der Waals surface area contributed by atoms with Crippen LogP contribution in [-0.2, 0) is 11.9 Å². The summed E-state index contributed by atoms with van der Waals surface area (Å²) >= 11 is 0. The van der Waals surface area contributed by atoms with E-state index in [4.69, 9.17) is 4.84 Å². The number of nitrogens with zero attached hydrogens (tertiary/aromatic N) is 2. The van der Waals surface area contributed by atoms with Gasteiger partial charge in [-0.25, -0.2) is 5.06 Å². The molecule has 5 heteroatoms. The van der Waals surface area contributed by atoms with Crippen molar-refractivity contribution in [3.05, 3.63) is 24.0 Å². The smallest absolute Gasteiger partial charge is 0.294 e. The van der Waals surface area contributed by atoms with Gasteiger partial charge < -0.3 is 9.67 Å². The quantitative estimate of drug-likeness (QED) is 0.675. The number of hydrogen-bond acceptors (Lipinski definition) is 3. The minimum absolute atomic E-state index is 0.191. The maximum absolute atomic E-state index is 11.7. The number of hydroxylamine groups is 2. The van der Waals surface area contributed by atoms with Crippen LogP contribution < -0.4 is 0 Å². The Kier molecular flexibility index (Phi) is 2.26. The van der Waals surface area contributed by atoms with Crippen molar-refractivity contribution >= 4 is 5.91 Å². The Hall–Kier alpha value is -1.33. The number of rotatable bonds is 1. The molecule has 14 heavy (non-hydrogen) atoms. The zero-order chi connectivity index (χ0) is 10.1. The van der Waals surface area contributed by atoms with Crippen molar-refractivity contribution in [1.29, 1.82) is 0 Å². The Bertz CT molecular complexity index is 348. The van der Waals surface area contributed by atoms with Gasteiger partial charge in [-0.15, -0.1) is 0 Å². The molecule has 5 nitrogen and oxygen atoms in total. The normalized spacial score (nSPS) is 21.6. The third-order valence-electron chi connectivity index (χ3n) is 2.19. The highest BCUT2D eigenvalue weighted by Gasteiger charge is 2.27. The summed E-state index contributed by atoms with van der Waals surface area (Å²) in [6.07, 6.45) is 1.22. The number of aliphatic hydroxyl groups excluding tert-OH is 1. The van der Waals surface area contributed by atoms with Crippen molar-refractivity contribution in [2.75, 3.05) is 13.2 Å². The number of aliphatic hydroxyl groups is 1. The number of carbonyl (C=O) groups excluding carboxylic acids is 1. The van der Waals surface area contributed by atoms with Crippen molar-refractivity contribution in [2.24, 2.45) is 7.05 Å². The van der Waals surface area contributed by atoms with Crippen LogP contribution >= 0.6 is 0 Å². The van der Waals surface area contributed by atoms with Gasteiger partial charge in [-0.05, 0) is 12.1 Å². The molecule has 0 bridgehead atoms. The van der Waals surface area contributed by atoms with E-state index >= 15 is 0 Å². The van der Waals surface area contributed by atoms with E-state index in [1.54, 1.807) is 29.9 Å². The first-order valence-electron chi connectivity index (χ1n) is 4.42. The fraction of sp³-hybridized carbons (Fsp3) is 0.444. The first-order chi connectivity index (χ1) is 6.68. The molecule has 0 spiro atoms. The number of carbonyl (C=O) groups is 1. The molecular weight excluding hydrogens is 184 g/mol. The van der Waals surface area contributed by atoms with Gasteiger partial charge in [-0.3, -0.25) is 9.63 Å².